The minimum absolute atomic E-state index is 0.707. The second kappa shape index (κ2) is 11.7. The van der Waals surface area contributed by atoms with E-state index in [9.17, 15) is 0 Å². The first-order valence-corrected chi connectivity index (χ1v) is 17.6. The Morgan fingerprint density at radius 1 is 0.480 bits per heavy atom. The average molecular weight is 656 g/mol. The van der Waals surface area contributed by atoms with Crippen LogP contribution in [0.3, 0.4) is 0 Å². The van der Waals surface area contributed by atoms with Gasteiger partial charge in [0.25, 0.3) is 0 Å². The number of hydrogen-bond acceptors (Lipinski definition) is 3. The lowest BCUT2D eigenvalue weighted by Crippen LogP contribution is -2.03. The van der Waals surface area contributed by atoms with Gasteiger partial charge in [0.1, 0.15) is 0 Å². The van der Waals surface area contributed by atoms with E-state index in [1.54, 1.807) is 0 Å². The predicted octanol–water partition coefficient (Wildman–Crippen LogP) is 12.6. The van der Waals surface area contributed by atoms with Crippen LogP contribution in [0, 0.1) is 0 Å². The molecule has 0 saturated carbocycles. The zero-order valence-electron chi connectivity index (χ0n) is 27.0. The number of nitrogens with zero attached hydrogens (tertiary/aromatic N) is 3. The summed E-state index contributed by atoms with van der Waals surface area (Å²) < 4.78 is 4.97. The summed E-state index contributed by atoms with van der Waals surface area (Å²) in [6.45, 7) is 0. The van der Waals surface area contributed by atoms with Gasteiger partial charge < -0.3 is 4.57 Å². The number of thiophene rings is 1. The molecule has 0 bridgehead atoms. The molecule has 0 aliphatic heterocycles. The third kappa shape index (κ3) is 4.57. The molecule has 10 rings (SSSR count). The standard InChI is InChI=1S/C46H29N3S/c1-5-14-30(15-6-1)34-24-26-39-38(28-34)36-25-27-41-42(37-23-13-22-35(45(37)50-41)31-16-7-2-8-17-31)44(36)49(39)40-29-47-46(33-20-11-4-12-21-33)48-43(40)32-18-9-3-10-19-32/h1-29H. The topological polar surface area (TPSA) is 30.7 Å². The monoisotopic (exact) mass is 655 g/mol. The molecule has 50 heavy (non-hydrogen) atoms. The fraction of sp³-hybridized carbons (Fsp3) is 0. The van der Waals surface area contributed by atoms with Crippen molar-refractivity contribution < 1.29 is 0 Å². The van der Waals surface area contributed by atoms with Gasteiger partial charge >= 0.3 is 0 Å². The highest BCUT2D eigenvalue weighted by Gasteiger charge is 2.23. The molecule has 0 amide bonds. The van der Waals surface area contributed by atoms with Gasteiger partial charge in [-0.2, -0.15) is 0 Å². The van der Waals surface area contributed by atoms with Gasteiger partial charge in [-0.05, 0) is 40.5 Å². The number of rotatable bonds is 5. The third-order valence-corrected chi connectivity index (χ3v) is 10.9. The van der Waals surface area contributed by atoms with Crippen molar-refractivity contribution in [2.45, 2.75) is 0 Å². The number of benzene rings is 7. The maximum absolute atomic E-state index is 5.30. The summed E-state index contributed by atoms with van der Waals surface area (Å²) in [5.41, 5.74) is 11.1. The lowest BCUT2D eigenvalue weighted by atomic mass is 10.0. The molecule has 0 fully saturated rings. The van der Waals surface area contributed by atoms with Crippen LogP contribution in [0.1, 0.15) is 0 Å². The lowest BCUT2D eigenvalue weighted by molar-refractivity contribution is 1.09. The second-order valence-corrected chi connectivity index (χ2v) is 13.6. The summed E-state index contributed by atoms with van der Waals surface area (Å²) >= 11 is 1.87. The number of hydrogen-bond donors (Lipinski definition) is 0. The van der Waals surface area contributed by atoms with Crippen molar-refractivity contribution in [1.82, 2.24) is 14.5 Å². The Morgan fingerprint density at radius 2 is 1.14 bits per heavy atom. The molecule has 0 aliphatic rings. The van der Waals surface area contributed by atoms with Gasteiger partial charge in [-0.3, -0.25) is 0 Å². The van der Waals surface area contributed by atoms with E-state index in [1.165, 1.54) is 58.7 Å². The van der Waals surface area contributed by atoms with E-state index in [1.807, 2.05) is 35.7 Å². The molecule has 4 heteroatoms. The van der Waals surface area contributed by atoms with Crippen LogP contribution in [0.25, 0.3) is 92.6 Å². The fourth-order valence-corrected chi connectivity index (χ4v) is 8.61. The molecule has 3 heterocycles. The third-order valence-electron chi connectivity index (χ3n) is 9.67. The highest BCUT2D eigenvalue weighted by Crippen LogP contribution is 2.47. The van der Waals surface area contributed by atoms with E-state index in [2.05, 4.69) is 156 Å². The first-order chi connectivity index (χ1) is 24.8. The van der Waals surface area contributed by atoms with Crippen LogP contribution in [0.5, 0.6) is 0 Å². The largest absolute Gasteiger partial charge is 0.305 e. The lowest BCUT2D eigenvalue weighted by Gasteiger charge is -2.15. The molecule has 7 aromatic carbocycles. The summed E-state index contributed by atoms with van der Waals surface area (Å²) in [5.74, 6) is 0.707. The van der Waals surface area contributed by atoms with Gasteiger partial charge in [-0.15, -0.1) is 11.3 Å². The van der Waals surface area contributed by atoms with Crippen LogP contribution in [0.4, 0.5) is 0 Å². The molecule has 10 aromatic rings. The summed E-state index contributed by atoms with van der Waals surface area (Å²) in [6.07, 6.45) is 2.02. The molecule has 234 valence electrons. The van der Waals surface area contributed by atoms with Crippen molar-refractivity contribution in [3.05, 3.63) is 176 Å². The van der Waals surface area contributed by atoms with Crippen molar-refractivity contribution in [2.24, 2.45) is 0 Å². The van der Waals surface area contributed by atoms with Crippen molar-refractivity contribution in [1.29, 1.82) is 0 Å². The van der Waals surface area contributed by atoms with Crippen LogP contribution in [0.2, 0.25) is 0 Å². The van der Waals surface area contributed by atoms with Crippen molar-refractivity contribution in [3.8, 4) is 50.6 Å². The van der Waals surface area contributed by atoms with Gasteiger partial charge in [0.2, 0.25) is 0 Å². The van der Waals surface area contributed by atoms with E-state index in [-0.39, 0.29) is 0 Å². The van der Waals surface area contributed by atoms with Crippen LogP contribution >= 0.6 is 11.3 Å². The molecule has 0 N–H and O–H groups in total. The minimum atomic E-state index is 0.707. The van der Waals surface area contributed by atoms with Gasteiger partial charge in [0.05, 0.1) is 28.6 Å². The van der Waals surface area contributed by atoms with E-state index < -0.39 is 0 Å². The van der Waals surface area contributed by atoms with Gasteiger partial charge in [0, 0.05) is 42.1 Å². The Balaban J connectivity index is 1.35. The molecular formula is C46H29N3S. The van der Waals surface area contributed by atoms with Crippen molar-refractivity contribution in [3.63, 3.8) is 0 Å². The predicted molar refractivity (Wildman–Crippen MR) is 211 cm³/mol. The molecule has 0 radical (unpaired) electrons. The smallest absolute Gasteiger partial charge is 0.159 e. The molecular weight excluding hydrogens is 627 g/mol. The van der Waals surface area contributed by atoms with Crippen LogP contribution < -0.4 is 0 Å². The van der Waals surface area contributed by atoms with E-state index in [0.717, 1.165) is 28.0 Å². The van der Waals surface area contributed by atoms with Gasteiger partial charge in [-0.25, -0.2) is 9.97 Å². The molecule has 0 spiro atoms. The quantitative estimate of drug-likeness (QED) is 0.185. The molecule has 0 aliphatic carbocycles. The summed E-state index contributed by atoms with van der Waals surface area (Å²) in [7, 11) is 0. The molecule has 3 aromatic heterocycles. The van der Waals surface area contributed by atoms with E-state index in [4.69, 9.17) is 9.97 Å². The highest BCUT2D eigenvalue weighted by atomic mass is 32.1. The van der Waals surface area contributed by atoms with Crippen LogP contribution in [-0.4, -0.2) is 14.5 Å². The Morgan fingerprint density at radius 3 is 1.86 bits per heavy atom. The van der Waals surface area contributed by atoms with Crippen LogP contribution in [0.15, 0.2) is 176 Å². The Labute approximate surface area is 293 Å². The Bertz CT molecular complexity index is 2840. The average Bonchev–Trinajstić information content (AvgIpc) is 3.74. The van der Waals surface area contributed by atoms with Crippen LogP contribution in [-0.2, 0) is 0 Å². The minimum Gasteiger partial charge on any atom is -0.305 e. The Kier molecular flexibility index (Phi) is 6.68. The summed E-state index contributed by atoms with van der Waals surface area (Å²) in [6, 6.07) is 60.3. The van der Waals surface area contributed by atoms with Gasteiger partial charge in [-0.1, -0.05) is 152 Å². The van der Waals surface area contributed by atoms with E-state index in [0.29, 0.717) is 5.82 Å². The fourth-order valence-electron chi connectivity index (χ4n) is 7.37. The second-order valence-electron chi connectivity index (χ2n) is 12.6. The van der Waals surface area contributed by atoms with Crippen molar-refractivity contribution in [2.75, 3.05) is 0 Å². The molecule has 0 saturated heterocycles. The van der Waals surface area contributed by atoms with Gasteiger partial charge in [0.15, 0.2) is 5.82 Å². The highest BCUT2D eigenvalue weighted by molar-refractivity contribution is 7.26. The first-order valence-electron chi connectivity index (χ1n) is 16.8. The SMILES string of the molecule is c1ccc(-c2ccc3c(c2)c2ccc4sc5c(-c6ccccc6)cccc5c4c2n3-c2cnc(-c3ccccc3)nc2-c2ccccc2)cc1. The Hall–Kier alpha value is -6.36. The molecule has 0 unspecified atom stereocenters. The molecule has 3 nitrogen and oxygen atoms in total. The van der Waals surface area contributed by atoms with E-state index >= 15 is 0 Å². The zero-order valence-corrected chi connectivity index (χ0v) is 27.8. The number of fused-ring (bicyclic) bond motifs is 7. The number of aromatic nitrogens is 3. The summed E-state index contributed by atoms with van der Waals surface area (Å²) in [5, 5.41) is 4.92. The first kappa shape index (κ1) is 28.6. The normalized spacial score (nSPS) is 11.6. The maximum Gasteiger partial charge on any atom is 0.159 e. The summed E-state index contributed by atoms with van der Waals surface area (Å²) in [4.78, 5) is 10.3. The van der Waals surface area contributed by atoms with Crippen molar-refractivity contribution >= 4 is 53.3 Å². The maximum atomic E-state index is 5.30. The zero-order chi connectivity index (χ0) is 33.0. The molecule has 0 atom stereocenters.